The van der Waals surface area contributed by atoms with E-state index in [1.807, 2.05) is 35.2 Å². The first-order valence-electron chi connectivity index (χ1n) is 8.93. The summed E-state index contributed by atoms with van der Waals surface area (Å²) >= 11 is 0. The Hall–Kier alpha value is -2.04. The quantitative estimate of drug-likeness (QED) is 0.807. The number of aliphatic carboxylic acids is 1. The monoisotopic (exact) mass is 330 g/mol. The van der Waals surface area contributed by atoms with Crippen LogP contribution < -0.4 is 5.32 Å². The van der Waals surface area contributed by atoms with Crippen LogP contribution in [0.2, 0.25) is 0 Å². The topological polar surface area (TPSA) is 69.6 Å². The zero-order valence-electron chi connectivity index (χ0n) is 14.0. The number of hydrogen-bond acceptors (Lipinski definition) is 2. The summed E-state index contributed by atoms with van der Waals surface area (Å²) in [4.78, 5) is 25.4. The van der Waals surface area contributed by atoms with Crippen LogP contribution in [-0.2, 0) is 11.2 Å². The minimum Gasteiger partial charge on any atom is -0.481 e. The summed E-state index contributed by atoms with van der Waals surface area (Å²) in [5, 5.41) is 12.0. The average molecular weight is 330 g/mol. The van der Waals surface area contributed by atoms with Crippen molar-refractivity contribution in [3.8, 4) is 0 Å². The Bertz CT molecular complexity index is 571. The number of nitrogens with zero attached hydrogens (tertiary/aromatic N) is 1. The zero-order valence-corrected chi connectivity index (χ0v) is 14.0. The molecule has 0 spiro atoms. The second-order valence-corrected chi connectivity index (χ2v) is 7.10. The molecule has 0 radical (unpaired) electrons. The van der Waals surface area contributed by atoms with Crippen molar-refractivity contribution in [2.24, 2.45) is 11.8 Å². The van der Waals surface area contributed by atoms with E-state index >= 15 is 0 Å². The van der Waals surface area contributed by atoms with Crippen LogP contribution in [0.1, 0.15) is 37.7 Å². The molecule has 2 fully saturated rings. The second-order valence-electron chi connectivity index (χ2n) is 7.10. The Balaban J connectivity index is 1.55. The lowest BCUT2D eigenvalue weighted by Gasteiger charge is -2.23. The molecule has 0 bridgehead atoms. The average Bonchev–Trinajstić information content (AvgIpc) is 3.30. The maximum atomic E-state index is 12.5. The van der Waals surface area contributed by atoms with E-state index in [0.29, 0.717) is 18.8 Å². The van der Waals surface area contributed by atoms with Gasteiger partial charge in [0.25, 0.3) is 0 Å². The van der Waals surface area contributed by atoms with Crippen LogP contribution in [0, 0.1) is 11.8 Å². The van der Waals surface area contributed by atoms with Gasteiger partial charge in [-0.1, -0.05) is 30.3 Å². The van der Waals surface area contributed by atoms with Gasteiger partial charge in [0.05, 0.1) is 0 Å². The molecule has 1 aromatic rings. The molecule has 1 aliphatic heterocycles. The summed E-state index contributed by atoms with van der Waals surface area (Å²) in [6.45, 7) is 1.68. The van der Waals surface area contributed by atoms with Crippen LogP contribution in [0.5, 0.6) is 0 Å². The molecule has 1 heterocycles. The molecule has 5 heteroatoms. The van der Waals surface area contributed by atoms with Crippen molar-refractivity contribution in [1.82, 2.24) is 10.2 Å². The summed E-state index contributed by atoms with van der Waals surface area (Å²) in [5.74, 6) is 0.676. The fraction of sp³-hybridized carbons (Fsp3) is 0.579. The zero-order chi connectivity index (χ0) is 16.9. The smallest absolute Gasteiger partial charge is 0.317 e. The third kappa shape index (κ3) is 4.73. The molecule has 24 heavy (non-hydrogen) atoms. The first-order valence-corrected chi connectivity index (χ1v) is 8.93. The number of carbonyl (C=O) groups excluding carboxylic acids is 1. The molecule has 2 aliphatic rings. The van der Waals surface area contributed by atoms with Crippen molar-refractivity contribution in [1.29, 1.82) is 0 Å². The summed E-state index contributed by atoms with van der Waals surface area (Å²) in [6.07, 6.45) is 4.93. The predicted molar refractivity (Wildman–Crippen MR) is 91.7 cm³/mol. The van der Waals surface area contributed by atoms with E-state index in [4.69, 9.17) is 5.11 Å². The molecule has 1 saturated carbocycles. The Morgan fingerprint density at radius 1 is 1.17 bits per heavy atom. The molecule has 3 rings (SSSR count). The van der Waals surface area contributed by atoms with E-state index in [2.05, 4.69) is 5.32 Å². The van der Waals surface area contributed by atoms with E-state index in [-0.39, 0.29) is 18.5 Å². The van der Waals surface area contributed by atoms with Crippen molar-refractivity contribution in [3.63, 3.8) is 0 Å². The summed E-state index contributed by atoms with van der Waals surface area (Å²) in [5.41, 5.74) is 1.12. The molecule has 1 aromatic carbocycles. The van der Waals surface area contributed by atoms with E-state index in [0.717, 1.165) is 31.0 Å². The fourth-order valence-corrected chi connectivity index (χ4v) is 3.61. The third-order valence-electron chi connectivity index (χ3n) is 5.16. The molecular formula is C19H26N2O3. The van der Waals surface area contributed by atoms with Gasteiger partial charge in [-0.25, -0.2) is 4.79 Å². The highest BCUT2D eigenvalue weighted by Gasteiger charge is 2.37. The predicted octanol–water partition coefficient (Wildman–Crippen LogP) is 2.90. The number of nitrogens with one attached hydrogen (secondary N) is 1. The molecular weight excluding hydrogens is 304 g/mol. The second kappa shape index (κ2) is 7.69. The number of urea groups is 1. The molecule has 130 valence electrons. The standard InChI is InChI=1S/C19H26N2O3/c22-18(23)9-8-17(12-14-4-2-1-3-5-14)20-19(24)21-11-10-16(13-21)15-6-7-15/h1-5,15-17H,6-13H2,(H,20,24)(H,22,23). The van der Waals surface area contributed by atoms with Gasteiger partial charge in [-0.05, 0) is 49.5 Å². The van der Waals surface area contributed by atoms with Crippen molar-refractivity contribution >= 4 is 12.0 Å². The molecule has 2 N–H and O–H groups in total. The maximum absolute atomic E-state index is 12.5. The van der Waals surface area contributed by atoms with Crippen LogP contribution in [0.4, 0.5) is 4.79 Å². The van der Waals surface area contributed by atoms with Gasteiger partial charge in [-0.2, -0.15) is 0 Å². The van der Waals surface area contributed by atoms with Crippen molar-refractivity contribution in [2.45, 2.75) is 44.6 Å². The Morgan fingerprint density at radius 3 is 2.58 bits per heavy atom. The van der Waals surface area contributed by atoms with E-state index in [1.165, 1.54) is 12.8 Å². The molecule has 0 aromatic heterocycles. The highest BCUT2D eigenvalue weighted by Crippen LogP contribution is 2.41. The number of rotatable bonds is 7. The van der Waals surface area contributed by atoms with Gasteiger partial charge in [0, 0.05) is 25.6 Å². The minimum atomic E-state index is -0.822. The van der Waals surface area contributed by atoms with Crippen molar-refractivity contribution < 1.29 is 14.7 Å². The summed E-state index contributed by atoms with van der Waals surface area (Å²) in [7, 11) is 0. The van der Waals surface area contributed by atoms with Gasteiger partial charge in [-0.15, -0.1) is 0 Å². The van der Waals surface area contributed by atoms with E-state index < -0.39 is 5.97 Å². The molecule has 1 aliphatic carbocycles. The SMILES string of the molecule is O=C(O)CCC(Cc1ccccc1)NC(=O)N1CCC(C2CC2)C1. The summed E-state index contributed by atoms with van der Waals surface area (Å²) in [6, 6.07) is 9.73. The number of likely N-dealkylation sites (tertiary alicyclic amines) is 1. The molecule has 1 saturated heterocycles. The Kier molecular flexibility index (Phi) is 5.38. The Morgan fingerprint density at radius 2 is 1.92 bits per heavy atom. The number of carbonyl (C=O) groups is 2. The highest BCUT2D eigenvalue weighted by molar-refractivity contribution is 5.75. The van der Waals surface area contributed by atoms with Gasteiger partial charge < -0.3 is 15.3 Å². The van der Waals surface area contributed by atoms with Crippen LogP contribution >= 0.6 is 0 Å². The molecule has 2 amide bonds. The largest absolute Gasteiger partial charge is 0.481 e. The molecule has 2 unspecified atom stereocenters. The number of carboxylic acids is 1. The number of hydrogen-bond donors (Lipinski definition) is 2. The van der Waals surface area contributed by atoms with E-state index in [9.17, 15) is 9.59 Å². The lowest BCUT2D eigenvalue weighted by molar-refractivity contribution is -0.137. The summed E-state index contributed by atoms with van der Waals surface area (Å²) < 4.78 is 0. The van der Waals surface area contributed by atoms with Crippen molar-refractivity contribution in [3.05, 3.63) is 35.9 Å². The molecule has 2 atom stereocenters. The number of carboxylic acid groups (broad SMARTS) is 1. The van der Waals surface area contributed by atoms with Crippen LogP contribution in [0.25, 0.3) is 0 Å². The number of benzene rings is 1. The van der Waals surface area contributed by atoms with Gasteiger partial charge in [0.2, 0.25) is 0 Å². The fourth-order valence-electron chi connectivity index (χ4n) is 3.61. The third-order valence-corrected chi connectivity index (χ3v) is 5.16. The van der Waals surface area contributed by atoms with Crippen LogP contribution in [0.15, 0.2) is 30.3 Å². The molecule has 5 nitrogen and oxygen atoms in total. The lowest BCUT2D eigenvalue weighted by Crippen LogP contribution is -2.45. The maximum Gasteiger partial charge on any atom is 0.317 e. The van der Waals surface area contributed by atoms with Crippen molar-refractivity contribution in [2.75, 3.05) is 13.1 Å². The van der Waals surface area contributed by atoms with Gasteiger partial charge in [0.1, 0.15) is 0 Å². The minimum absolute atomic E-state index is 0.0375. The van der Waals surface area contributed by atoms with Crippen LogP contribution in [-0.4, -0.2) is 41.1 Å². The first kappa shape index (κ1) is 16.8. The van der Waals surface area contributed by atoms with E-state index in [1.54, 1.807) is 0 Å². The van der Waals surface area contributed by atoms with Gasteiger partial charge in [0.15, 0.2) is 0 Å². The van der Waals surface area contributed by atoms with Gasteiger partial charge in [-0.3, -0.25) is 4.79 Å². The van der Waals surface area contributed by atoms with Crippen LogP contribution in [0.3, 0.4) is 0 Å². The Labute approximate surface area is 143 Å². The van der Waals surface area contributed by atoms with Gasteiger partial charge >= 0.3 is 12.0 Å². The first-order chi connectivity index (χ1) is 11.6. The highest BCUT2D eigenvalue weighted by atomic mass is 16.4. The lowest BCUT2D eigenvalue weighted by atomic mass is 10.0. The number of amides is 2. The normalized spacial score (nSPS) is 21.5.